The van der Waals surface area contributed by atoms with Crippen molar-refractivity contribution >= 4 is 39.7 Å². The maximum Gasteiger partial charge on any atom is 0.0856 e. The first-order valence-electron chi connectivity index (χ1n) is 5.51. The second-order valence-corrected chi connectivity index (χ2v) is 6.35. The number of hydrogen-bond acceptors (Lipinski definition) is 3. The van der Waals surface area contributed by atoms with Gasteiger partial charge >= 0.3 is 0 Å². The standard InChI is InChI=1S/C12H13Cl2N3OS/c1-7-12(14)10(17(2)16-7)6-19(18)11-5-8(15)3-4-9(11)13/h3-5H,6,15H2,1-2H3. The first kappa shape index (κ1) is 14.4. The van der Waals surface area contributed by atoms with Crippen LogP contribution in [0.5, 0.6) is 0 Å². The highest BCUT2D eigenvalue weighted by Gasteiger charge is 2.17. The van der Waals surface area contributed by atoms with Gasteiger partial charge < -0.3 is 5.73 Å². The van der Waals surface area contributed by atoms with Crippen molar-refractivity contribution in [2.75, 3.05) is 5.73 Å². The topological polar surface area (TPSA) is 60.9 Å². The van der Waals surface area contributed by atoms with Gasteiger partial charge in [0.1, 0.15) is 0 Å². The van der Waals surface area contributed by atoms with Crippen molar-refractivity contribution in [1.29, 1.82) is 0 Å². The summed E-state index contributed by atoms with van der Waals surface area (Å²) in [4.78, 5) is 0.511. The maximum atomic E-state index is 12.4. The van der Waals surface area contributed by atoms with Crippen LogP contribution in [0.1, 0.15) is 11.4 Å². The Morgan fingerprint density at radius 2 is 2.11 bits per heavy atom. The molecule has 0 fully saturated rings. The molecule has 1 unspecified atom stereocenters. The molecule has 0 radical (unpaired) electrons. The van der Waals surface area contributed by atoms with Crippen molar-refractivity contribution in [2.45, 2.75) is 17.6 Å². The lowest BCUT2D eigenvalue weighted by molar-refractivity contribution is 0.676. The summed E-state index contributed by atoms with van der Waals surface area (Å²) in [5.41, 5.74) is 7.65. The van der Waals surface area contributed by atoms with Crippen molar-refractivity contribution < 1.29 is 4.21 Å². The Labute approximate surface area is 124 Å². The Morgan fingerprint density at radius 1 is 1.42 bits per heavy atom. The lowest BCUT2D eigenvalue weighted by Gasteiger charge is -2.06. The zero-order chi connectivity index (χ0) is 14.2. The number of rotatable bonds is 3. The summed E-state index contributed by atoms with van der Waals surface area (Å²) in [6, 6.07) is 4.93. The third kappa shape index (κ3) is 2.94. The van der Waals surface area contributed by atoms with Gasteiger partial charge in [-0.3, -0.25) is 8.89 Å². The Hall–Kier alpha value is -1.04. The van der Waals surface area contributed by atoms with Crippen LogP contribution in [0.15, 0.2) is 23.1 Å². The van der Waals surface area contributed by atoms with Crippen LogP contribution in [-0.2, 0) is 23.6 Å². The van der Waals surface area contributed by atoms with Gasteiger partial charge in [0, 0.05) is 12.7 Å². The van der Waals surface area contributed by atoms with E-state index < -0.39 is 10.8 Å². The van der Waals surface area contributed by atoms with Crippen LogP contribution in [0.3, 0.4) is 0 Å². The Kier molecular flexibility index (Phi) is 4.18. The molecule has 1 aromatic heterocycles. The van der Waals surface area contributed by atoms with Crippen LogP contribution in [-0.4, -0.2) is 14.0 Å². The minimum Gasteiger partial charge on any atom is -0.399 e. The van der Waals surface area contributed by atoms with Gasteiger partial charge in [0.05, 0.1) is 42.9 Å². The minimum absolute atomic E-state index is 0.249. The normalized spacial score (nSPS) is 12.6. The molecule has 4 nitrogen and oxygen atoms in total. The van der Waals surface area contributed by atoms with Gasteiger partial charge in [0.25, 0.3) is 0 Å². The molecule has 1 heterocycles. The van der Waals surface area contributed by atoms with E-state index in [9.17, 15) is 4.21 Å². The quantitative estimate of drug-likeness (QED) is 0.885. The van der Waals surface area contributed by atoms with E-state index in [1.54, 1.807) is 29.9 Å². The van der Waals surface area contributed by atoms with Crippen LogP contribution in [0.2, 0.25) is 10.0 Å². The van der Waals surface area contributed by atoms with Gasteiger partial charge in [-0.05, 0) is 25.1 Å². The number of aryl methyl sites for hydroxylation is 2. The van der Waals surface area contributed by atoms with Gasteiger partial charge in [-0.1, -0.05) is 23.2 Å². The summed E-state index contributed by atoms with van der Waals surface area (Å²) >= 11 is 12.2. The molecule has 19 heavy (non-hydrogen) atoms. The van der Waals surface area contributed by atoms with Crippen molar-refractivity contribution in [2.24, 2.45) is 7.05 Å². The van der Waals surface area contributed by atoms with E-state index in [4.69, 9.17) is 28.9 Å². The van der Waals surface area contributed by atoms with Crippen molar-refractivity contribution in [3.05, 3.63) is 39.6 Å². The molecule has 1 atom stereocenters. The van der Waals surface area contributed by atoms with Gasteiger partial charge in [-0.2, -0.15) is 5.10 Å². The van der Waals surface area contributed by atoms with Gasteiger partial charge in [-0.15, -0.1) is 0 Å². The molecule has 102 valence electrons. The summed E-state index contributed by atoms with van der Waals surface area (Å²) in [5.74, 6) is 0.249. The minimum atomic E-state index is -1.32. The molecule has 7 heteroatoms. The molecule has 0 saturated carbocycles. The Morgan fingerprint density at radius 3 is 2.68 bits per heavy atom. The lowest BCUT2D eigenvalue weighted by Crippen LogP contribution is -2.04. The summed E-state index contributed by atoms with van der Waals surface area (Å²) in [7, 11) is 0.450. The Balaban J connectivity index is 2.33. The molecule has 0 aliphatic rings. The average molecular weight is 318 g/mol. The summed E-state index contributed by atoms with van der Waals surface area (Å²) in [5, 5.41) is 5.16. The SMILES string of the molecule is Cc1nn(C)c(CS(=O)c2cc(N)ccc2Cl)c1Cl. The third-order valence-corrected chi connectivity index (χ3v) is 5.03. The van der Waals surface area contributed by atoms with E-state index in [-0.39, 0.29) is 5.75 Å². The zero-order valence-corrected chi connectivity index (χ0v) is 12.8. The second kappa shape index (κ2) is 5.53. The molecule has 0 saturated heterocycles. The number of anilines is 1. The zero-order valence-electron chi connectivity index (χ0n) is 10.5. The number of halogens is 2. The van der Waals surface area contributed by atoms with Crippen LogP contribution in [0.4, 0.5) is 5.69 Å². The van der Waals surface area contributed by atoms with Crippen LogP contribution >= 0.6 is 23.2 Å². The number of aromatic nitrogens is 2. The highest BCUT2D eigenvalue weighted by atomic mass is 35.5. The molecule has 0 aliphatic carbocycles. The van der Waals surface area contributed by atoms with Crippen molar-refractivity contribution in [3.8, 4) is 0 Å². The second-order valence-electron chi connectivity index (χ2n) is 4.15. The molecule has 0 bridgehead atoms. The highest BCUT2D eigenvalue weighted by molar-refractivity contribution is 7.84. The van der Waals surface area contributed by atoms with E-state index in [0.29, 0.717) is 20.6 Å². The molecule has 0 spiro atoms. The van der Waals surface area contributed by atoms with Crippen molar-refractivity contribution in [1.82, 2.24) is 9.78 Å². The lowest BCUT2D eigenvalue weighted by atomic mass is 10.3. The fourth-order valence-electron chi connectivity index (χ4n) is 1.73. The first-order valence-corrected chi connectivity index (χ1v) is 7.59. The monoisotopic (exact) mass is 317 g/mol. The number of nitrogens with zero attached hydrogens (tertiary/aromatic N) is 2. The molecule has 2 rings (SSSR count). The molecule has 2 N–H and O–H groups in total. The smallest absolute Gasteiger partial charge is 0.0856 e. The van der Waals surface area contributed by atoms with E-state index in [1.165, 1.54) is 0 Å². The number of nitrogens with two attached hydrogens (primary N) is 1. The number of benzene rings is 1. The van der Waals surface area contributed by atoms with E-state index >= 15 is 0 Å². The molecule has 2 aromatic rings. The summed E-state index contributed by atoms with van der Waals surface area (Å²) in [6.45, 7) is 1.81. The van der Waals surface area contributed by atoms with E-state index in [0.717, 1.165) is 11.4 Å². The van der Waals surface area contributed by atoms with Crippen molar-refractivity contribution in [3.63, 3.8) is 0 Å². The number of nitrogen functional groups attached to an aromatic ring is 1. The van der Waals surface area contributed by atoms with E-state index in [2.05, 4.69) is 5.10 Å². The molecule has 0 aliphatic heterocycles. The number of hydrogen-bond donors (Lipinski definition) is 1. The van der Waals surface area contributed by atoms with Crippen LogP contribution in [0.25, 0.3) is 0 Å². The summed E-state index contributed by atoms with van der Waals surface area (Å²) < 4.78 is 14.0. The Bertz CT molecular complexity index is 655. The van der Waals surface area contributed by atoms with Gasteiger partial charge in [0.15, 0.2) is 0 Å². The fourth-order valence-corrected chi connectivity index (χ4v) is 3.70. The summed E-state index contributed by atoms with van der Waals surface area (Å²) in [6.07, 6.45) is 0. The highest BCUT2D eigenvalue weighted by Crippen LogP contribution is 2.27. The van der Waals surface area contributed by atoms with Crippen LogP contribution < -0.4 is 5.73 Å². The predicted molar refractivity (Wildman–Crippen MR) is 78.9 cm³/mol. The fraction of sp³-hybridized carbons (Fsp3) is 0.250. The van der Waals surface area contributed by atoms with Gasteiger partial charge in [-0.25, -0.2) is 0 Å². The molecular formula is C12H13Cl2N3OS. The maximum absolute atomic E-state index is 12.4. The molecular weight excluding hydrogens is 305 g/mol. The largest absolute Gasteiger partial charge is 0.399 e. The first-order chi connectivity index (χ1) is 8.90. The molecule has 0 amide bonds. The van der Waals surface area contributed by atoms with Gasteiger partial charge in [0.2, 0.25) is 0 Å². The van der Waals surface area contributed by atoms with Crippen LogP contribution in [0, 0.1) is 6.92 Å². The van der Waals surface area contributed by atoms with E-state index in [1.807, 2.05) is 6.92 Å². The molecule has 1 aromatic carbocycles. The predicted octanol–water partition coefficient (Wildman–Crippen LogP) is 2.93. The third-order valence-electron chi connectivity index (χ3n) is 2.73. The average Bonchev–Trinajstić information content (AvgIpc) is 2.59.